The van der Waals surface area contributed by atoms with Crippen molar-refractivity contribution in [1.29, 1.82) is 0 Å². The average molecular weight is 421 g/mol. The van der Waals surface area contributed by atoms with Crippen LogP contribution in [0, 0.1) is 5.41 Å². The molecule has 3 rings (SSSR count). The van der Waals surface area contributed by atoms with Crippen LogP contribution in [0.4, 0.5) is 0 Å². The number of nitrogens with zero attached hydrogens (tertiary/aromatic N) is 3. The molecule has 0 amide bonds. The van der Waals surface area contributed by atoms with E-state index in [4.69, 9.17) is 4.99 Å². The molecule has 29 heavy (non-hydrogen) atoms. The molecule has 1 aliphatic carbocycles. The summed E-state index contributed by atoms with van der Waals surface area (Å²) >= 11 is 0. The van der Waals surface area contributed by atoms with Crippen LogP contribution in [-0.2, 0) is 9.84 Å². The first-order valence-electron chi connectivity index (χ1n) is 10.9. The molecule has 2 aliphatic rings. The highest BCUT2D eigenvalue weighted by Crippen LogP contribution is 2.47. The smallest absolute Gasteiger partial charge is 0.194 e. The molecule has 0 spiro atoms. The van der Waals surface area contributed by atoms with Crippen molar-refractivity contribution in [3.63, 3.8) is 0 Å². The van der Waals surface area contributed by atoms with Gasteiger partial charge in [0.1, 0.15) is 9.84 Å². The molecule has 1 heterocycles. The van der Waals surface area contributed by atoms with Crippen LogP contribution >= 0.6 is 0 Å². The molecule has 0 aromatic heterocycles. The first-order chi connectivity index (χ1) is 13.9. The number of sulfone groups is 1. The van der Waals surface area contributed by atoms with E-state index in [0.717, 1.165) is 57.9 Å². The van der Waals surface area contributed by atoms with E-state index in [9.17, 15) is 8.42 Å². The quantitative estimate of drug-likeness (QED) is 0.517. The molecule has 2 fully saturated rings. The van der Waals surface area contributed by atoms with Gasteiger partial charge in [0.25, 0.3) is 0 Å². The molecule has 1 atom stereocenters. The van der Waals surface area contributed by atoms with Crippen molar-refractivity contribution in [3.05, 3.63) is 35.9 Å². The molecule has 6 nitrogen and oxygen atoms in total. The summed E-state index contributed by atoms with van der Waals surface area (Å²) in [5.41, 5.74) is 1.26. The maximum Gasteiger partial charge on any atom is 0.194 e. The summed E-state index contributed by atoms with van der Waals surface area (Å²) in [5, 5.41) is 3.41. The Morgan fingerprint density at radius 3 is 2.31 bits per heavy atom. The zero-order valence-electron chi connectivity index (χ0n) is 18.1. The van der Waals surface area contributed by atoms with Crippen molar-refractivity contribution < 1.29 is 8.42 Å². The standard InChI is InChI=1S/C22H36N4O2S/c1-4-20(19-9-7-6-8-10-19)25-13-15-26(16-14-25)21(23-5-2)24-17-22(11-12-22)18-29(3,27)28/h6-10,20H,4-5,11-18H2,1-3H3,(H,23,24). The number of piperazine rings is 1. The molecule has 1 saturated heterocycles. The molecule has 1 aromatic carbocycles. The first-order valence-corrected chi connectivity index (χ1v) is 12.9. The topological polar surface area (TPSA) is 65.0 Å². The van der Waals surface area contributed by atoms with Crippen molar-refractivity contribution in [2.24, 2.45) is 10.4 Å². The number of hydrogen-bond donors (Lipinski definition) is 1. The number of guanidine groups is 1. The minimum Gasteiger partial charge on any atom is -0.357 e. The summed E-state index contributed by atoms with van der Waals surface area (Å²) in [5.74, 6) is 1.19. The van der Waals surface area contributed by atoms with Gasteiger partial charge >= 0.3 is 0 Å². The minimum atomic E-state index is -2.96. The second-order valence-electron chi connectivity index (χ2n) is 8.60. The van der Waals surface area contributed by atoms with Crippen molar-refractivity contribution in [1.82, 2.24) is 15.1 Å². The summed E-state index contributed by atoms with van der Waals surface area (Å²) < 4.78 is 23.4. The minimum absolute atomic E-state index is 0.128. The van der Waals surface area contributed by atoms with Crippen molar-refractivity contribution in [2.45, 2.75) is 39.2 Å². The molecule has 1 N–H and O–H groups in total. The Labute approximate surface area is 176 Å². The van der Waals surface area contributed by atoms with Crippen LogP contribution in [0.15, 0.2) is 35.3 Å². The van der Waals surface area contributed by atoms with Gasteiger partial charge in [-0.05, 0) is 31.7 Å². The Kier molecular flexibility index (Phi) is 7.22. The van der Waals surface area contributed by atoms with Crippen molar-refractivity contribution in [3.8, 4) is 0 Å². The van der Waals surface area contributed by atoms with Crippen LogP contribution in [0.25, 0.3) is 0 Å². The Morgan fingerprint density at radius 1 is 1.14 bits per heavy atom. The molecule has 1 unspecified atom stereocenters. The van der Waals surface area contributed by atoms with E-state index < -0.39 is 9.84 Å². The SMILES string of the molecule is CCNC(=NCC1(CS(C)(=O)=O)CC1)N1CCN(C(CC)c2ccccc2)CC1. The van der Waals surface area contributed by atoms with Gasteiger partial charge in [-0.25, -0.2) is 8.42 Å². The van der Waals surface area contributed by atoms with Crippen LogP contribution in [-0.4, -0.2) is 75.5 Å². The molecular formula is C22H36N4O2S. The summed E-state index contributed by atoms with van der Waals surface area (Å²) in [4.78, 5) is 9.75. The Balaban J connectivity index is 1.61. The third-order valence-corrected chi connectivity index (χ3v) is 7.19. The fourth-order valence-electron chi connectivity index (χ4n) is 4.37. The molecule has 1 aliphatic heterocycles. The number of nitrogens with one attached hydrogen (secondary N) is 1. The number of benzene rings is 1. The highest BCUT2D eigenvalue weighted by molar-refractivity contribution is 7.90. The van der Waals surface area contributed by atoms with Crippen LogP contribution in [0.3, 0.4) is 0 Å². The fourth-order valence-corrected chi connectivity index (χ4v) is 5.87. The third kappa shape index (κ3) is 6.19. The largest absolute Gasteiger partial charge is 0.357 e. The van der Waals surface area contributed by atoms with Crippen LogP contribution in [0.1, 0.15) is 44.7 Å². The zero-order valence-corrected chi connectivity index (χ0v) is 18.9. The molecule has 7 heteroatoms. The van der Waals surface area contributed by atoms with Crippen LogP contribution < -0.4 is 5.32 Å². The predicted octanol–water partition coefficient (Wildman–Crippen LogP) is 2.55. The predicted molar refractivity (Wildman–Crippen MR) is 120 cm³/mol. The monoisotopic (exact) mass is 420 g/mol. The summed E-state index contributed by atoms with van der Waals surface area (Å²) in [6, 6.07) is 11.2. The lowest BCUT2D eigenvalue weighted by Gasteiger charge is -2.40. The first kappa shape index (κ1) is 22.1. The van der Waals surface area contributed by atoms with Crippen molar-refractivity contribution in [2.75, 3.05) is 51.3 Å². The molecule has 1 saturated carbocycles. The van der Waals surface area contributed by atoms with Crippen LogP contribution in [0.5, 0.6) is 0 Å². The third-order valence-electron chi connectivity index (χ3n) is 6.05. The summed E-state index contributed by atoms with van der Waals surface area (Å²) in [6.07, 6.45) is 4.36. The number of rotatable bonds is 8. The van der Waals surface area contributed by atoms with Gasteiger partial charge in [-0.3, -0.25) is 9.89 Å². The molecule has 0 radical (unpaired) electrons. The van der Waals surface area contributed by atoms with E-state index in [2.05, 4.69) is 59.3 Å². The van der Waals surface area contributed by atoms with Gasteiger partial charge in [-0.2, -0.15) is 0 Å². The van der Waals surface area contributed by atoms with Crippen LogP contribution in [0.2, 0.25) is 0 Å². The van der Waals surface area contributed by atoms with E-state index >= 15 is 0 Å². The molecule has 162 valence electrons. The van der Waals surface area contributed by atoms with Gasteiger partial charge in [-0.15, -0.1) is 0 Å². The van der Waals surface area contributed by atoms with Gasteiger partial charge in [0.15, 0.2) is 5.96 Å². The second kappa shape index (κ2) is 9.47. The lowest BCUT2D eigenvalue weighted by molar-refractivity contribution is 0.127. The molecule has 1 aromatic rings. The maximum atomic E-state index is 11.7. The van der Waals surface area contributed by atoms with Gasteiger partial charge < -0.3 is 10.2 Å². The Morgan fingerprint density at radius 2 is 1.79 bits per heavy atom. The second-order valence-corrected chi connectivity index (χ2v) is 10.7. The van der Waals surface area contributed by atoms with Gasteiger partial charge in [0, 0.05) is 57.0 Å². The summed E-state index contributed by atoms with van der Waals surface area (Å²) in [7, 11) is -2.96. The average Bonchev–Trinajstić information content (AvgIpc) is 3.45. The lowest BCUT2D eigenvalue weighted by Crippen LogP contribution is -2.53. The normalized spacial score (nSPS) is 21.1. The molecule has 0 bridgehead atoms. The van der Waals surface area contributed by atoms with E-state index in [1.807, 2.05) is 0 Å². The van der Waals surface area contributed by atoms with Gasteiger partial charge in [0.05, 0.1) is 5.75 Å². The van der Waals surface area contributed by atoms with Gasteiger partial charge in [0.2, 0.25) is 0 Å². The van der Waals surface area contributed by atoms with E-state index in [-0.39, 0.29) is 11.2 Å². The summed E-state index contributed by atoms with van der Waals surface area (Å²) in [6.45, 7) is 9.65. The van der Waals surface area contributed by atoms with E-state index in [0.29, 0.717) is 12.6 Å². The lowest BCUT2D eigenvalue weighted by atomic mass is 10.0. The maximum absolute atomic E-state index is 11.7. The van der Waals surface area contributed by atoms with Gasteiger partial charge in [-0.1, -0.05) is 37.3 Å². The fraction of sp³-hybridized carbons (Fsp3) is 0.682. The number of aliphatic imine (C=N–C) groups is 1. The Hall–Kier alpha value is -1.60. The Bertz CT molecular complexity index is 782. The van der Waals surface area contributed by atoms with E-state index in [1.165, 1.54) is 11.8 Å². The van der Waals surface area contributed by atoms with Crippen molar-refractivity contribution >= 4 is 15.8 Å². The highest BCUT2D eigenvalue weighted by atomic mass is 32.2. The number of hydrogen-bond acceptors (Lipinski definition) is 4. The molecular weight excluding hydrogens is 384 g/mol. The zero-order chi connectivity index (χ0) is 20.9. The van der Waals surface area contributed by atoms with E-state index in [1.54, 1.807) is 0 Å². The highest BCUT2D eigenvalue weighted by Gasteiger charge is 2.45.